The third kappa shape index (κ3) is 4.23. The van der Waals surface area contributed by atoms with Gasteiger partial charge in [0.15, 0.2) is 16.9 Å². The molecule has 0 spiro atoms. The topological polar surface area (TPSA) is 105 Å². The molecular formula is C29H24FNO8. The van der Waals surface area contributed by atoms with Crippen molar-refractivity contribution in [3.63, 3.8) is 0 Å². The van der Waals surface area contributed by atoms with Gasteiger partial charge in [0.05, 0.1) is 50.5 Å². The fourth-order valence-corrected chi connectivity index (χ4v) is 4.76. The summed E-state index contributed by atoms with van der Waals surface area (Å²) in [6.07, 6.45) is 0. The molecule has 0 saturated heterocycles. The third-order valence-corrected chi connectivity index (χ3v) is 6.49. The lowest BCUT2D eigenvalue weighted by molar-refractivity contribution is 0.0526. The Kier molecular flexibility index (Phi) is 6.69. The molecule has 0 aliphatic carbocycles. The van der Waals surface area contributed by atoms with Crippen LogP contribution < -0.4 is 24.5 Å². The summed E-state index contributed by atoms with van der Waals surface area (Å²) in [5.41, 5.74) is 0.688. The maximum absolute atomic E-state index is 14.1. The molecule has 4 aromatic rings. The molecule has 10 heteroatoms. The fraction of sp³-hybridized carbons (Fsp3) is 0.207. The summed E-state index contributed by atoms with van der Waals surface area (Å²) in [6, 6.07) is 12.0. The van der Waals surface area contributed by atoms with Crippen LogP contribution in [-0.4, -0.2) is 39.8 Å². The van der Waals surface area contributed by atoms with Gasteiger partial charge in [-0.25, -0.2) is 9.18 Å². The molecule has 200 valence electrons. The predicted molar refractivity (Wildman–Crippen MR) is 140 cm³/mol. The lowest BCUT2D eigenvalue weighted by atomic mass is 9.97. The Morgan fingerprint density at radius 2 is 1.62 bits per heavy atom. The number of benzene rings is 3. The summed E-state index contributed by atoms with van der Waals surface area (Å²) in [6.45, 7) is 1.92. The van der Waals surface area contributed by atoms with Gasteiger partial charge in [0.1, 0.15) is 11.4 Å². The molecule has 1 unspecified atom stereocenters. The van der Waals surface area contributed by atoms with Crippen molar-refractivity contribution in [2.45, 2.75) is 13.0 Å². The van der Waals surface area contributed by atoms with Gasteiger partial charge in [-0.05, 0) is 67.1 Å². The average molecular weight is 534 g/mol. The zero-order valence-corrected chi connectivity index (χ0v) is 21.6. The van der Waals surface area contributed by atoms with Crippen LogP contribution in [0.25, 0.3) is 11.0 Å². The number of hydrogen-bond acceptors (Lipinski definition) is 8. The van der Waals surface area contributed by atoms with Crippen molar-refractivity contribution in [2.24, 2.45) is 0 Å². The van der Waals surface area contributed by atoms with Crippen molar-refractivity contribution in [2.75, 3.05) is 32.8 Å². The van der Waals surface area contributed by atoms with Gasteiger partial charge in [0.25, 0.3) is 5.91 Å². The number of anilines is 1. The summed E-state index contributed by atoms with van der Waals surface area (Å²) < 4.78 is 41.5. The van der Waals surface area contributed by atoms with E-state index in [2.05, 4.69) is 0 Å². The first-order chi connectivity index (χ1) is 18.8. The van der Waals surface area contributed by atoms with E-state index in [9.17, 15) is 18.8 Å². The minimum Gasteiger partial charge on any atom is -0.493 e. The number of rotatable bonds is 7. The van der Waals surface area contributed by atoms with Crippen LogP contribution in [0.5, 0.6) is 17.2 Å². The van der Waals surface area contributed by atoms with E-state index in [0.29, 0.717) is 34.1 Å². The second-order valence-corrected chi connectivity index (χ2v) is 8.62. The monoisotopic (exact) mass is 533 g/mol. The van der Waals surface area contributed by atoms with Crippen molar-refractivity contribution in [3.8, 4) is 17.2 Å². The molecule has 2 heterocycles. The van der Waals surface area contributed by atoms with Crippen molar-refractivity contribution >= 4 is 28.5 Å². The Balaban J connectivity index is 1.76. The van der Waals surface area contributed by atoms with Gasteiger partial charge in [0.2, 0.25) is 11.5 Å². The lowest BCUT2D eigenvalue weighted by Crippen LogP contribution is -2.29. The van der Waals surface area contributed by atoms with Crippen LogP contribution in [0.2, 0.25) is 0 Å². The molecule has 0 saturated carbocycles. The maximum Gasteiger partial charge on any atom is 0.338 e. The Labute approximate surface area is 222 Å². The van der Waals surface area contributed by atoms with Crippen LogP contribution in [0, 0.1) is 5.82 Å². The molecule has 0 radical (unpaired) electrons. The molecule has 0 fully saturated rings. The molecule has 1 amide bonds. The number of amides is 1. The number of ether oxygens (including phenoxy) is 4. The summed E-state index contributed by atoms with van der Waals surface area (Å²) in [5, 5.41) is -0.00139. The first-order valence-corrected chi connectivity index (χ1v) is 12.0. The second kappa shape index (κ2) is 10.1. The van der Waals surface area contributed by atoms with E-state index in [1.54, 1.807) is 31.2 Å². The Bertz CT molecular complexity index is 1640. The standard InChI is InChI=1S/C29H24FNO8/c1-5-38-29(34)15-6-9-18(10-7-15)31-24(16-12-21(35-2)26(37-4)22(13-16)36-3)23-25(32)19-14-17(30)8-11-20(19)39-27(23)28(31)33/h6-14,24H,5H2,1-4H3. The molecule has 0 bridgehead atoms. The van der Waals surface area contributed by atoms with E-state index >= 15 is 0 Å². The van der Waals surface area contributed by atoms with E-state index < -0.39 is 29.2 Å². The van der Waals surface area contributed by atoms with E-state index in [0.717, 1.165) is 12.1 Å². The number of hydrogen-bond donors (Lipinski definition) is 0. The van der Waals surface area contributed by atoms with Crippen molar-refractivity contribution in [1.82, 2.24) is 0 Å². The normalized spacial score (nSPS) is 14.3. The average Bonchev–Trinajstić information content (AvgIpc) is 3.25. The second-order valence-electron chi connectivity index (χ2n) is 8.62. The van der Waals surface area contributed by atoms with Crippen molar-refractivity contribution < 1.29 is 37.3 Å². The molecule has 9 nitrogen and oxygen atoms in total. The maximum atomic E-state index is 14.1. The first kappa shape index (κ1) is 25.8. The Hall–Kier alpha value is -4.86. The number of halogens is 1. The Morgan fingerprint density at radius 3 is 2.21 bits per heavy atom. The SMILES string of the molecule is CCOC(=O)c1ccc(N2C(=O)c3oc4ccc(F)cc4c(=O)c3C2c2cc(OC)c(OC)c(OC)c2)cc1. The number of fused-ring (bicyclic) bond motifs is 2. The van der Waals surface area contributed by atoms with Gasteiger partial charge >= 0.3 is 5.97 Å². The summed E-state index contributed by atoms with van der Waals surface area (Å²) in [5.74, 6) is -0.945. The quantitative estimate of drug-likeness (QED) is 0.310. The Morgan fingerprint density at radius 1 is 0.949 bits per heavy atom. The van der Waals surface area contributed by atoms with E-state index in [1.807, 2.05) is 0 Å². The zero-order chi connectivity index (χ0) is 27.8. The number of nitrogens with zero attached hydrogens (tertiary/aromatic N) is 1. The number of carbonyl (C=O) groups excluding carboxylic acids is 2. The van der Waals surface area contributed by atoms with Gasteiger partial charge in [-0.1, -0.05) is 0 Å². The minimum absolute atomic E-state index is 0.00139. The van der Waals surface area contributed by atoms with E-state index in [-0.39, 0.29) is 28.9 Å². The van der Waals surface area contributed by atoms with Gasteiger partial charge in [-0.3, -0.25) is 14.5 Å². The molecule has 39 heavy (non-hydrogen) atoms. The molecule has 1 atom stereocenters. The lowest BCUT2D eigenvalue weighted by Gasteiger charge is -2.26. The van der Waals surface area contributed by atoms with Crippen LogP contribution in [0.4, 0.5) is 10.1 Å². The first-order valence-electron chi connectivity index (χ1n) is 12.0. The number of methoxy groups -OCH3 is 3. The fourth-order valence-electron chi connectivity index (χ4n) is 4.76. The largest absolute Gasteiger partial charge is 0.493 e. The van der Waals surface area contributed by atoms with E-state index in [1.165, 1.54) is 44.4 Å². The molecule has 1 aliphatic heterocycles. The molecule has 3 aromatic carbocycles. The van der Waals surface area contributed by atoms with Gasteiger partial charge in [0, 0.05) is 5.69 Å². The van der Waals surface area contributed by atoms with E-state index in [4.69, 9.17) is 23.4 Å². The highest BCUT2D eigenvalue weighted by atomic mass is 19.1. The van der Waals surface area contributed by atoms with Crippen molar-refractivity contribution in [1.29, 1.82) is 0 Å². The smallest absolute Gasteiger partial charge is 0.338 e. The third-order valence-electron chi connectivity index (χ3n) is 6.49. The van der Waals surface area contributed by atoms with Gasteiger partial charge < -0.3 is 23.4 Å². The molecule has 1 aliphatic rings. The minimum atomic E-state index is -1.00. The van der Waals surface area contributed by atoms with Crippen LogP contribution in [0.1, 0.15) is 45.0 Å². The van der Waals surface area contributed by atoms with Crippen LogP contribution in [0.15, 0.2) is 63.8 Å². The number of esters is 1. The van der Waals surface area contributed by atoms with Crippen LogP contribution in [-0.2, 0) is 4.74 Å². The molecular weight excluding hydrogens is 509 g/mol. The van der Waals surface area contributed by atoms with Gasteiger partial charge in [-0.2, -0.15) is 0 Å². The van der Waals surface area contributed by atoms with Crippen LogP contribution in [0.3, 0.4) is 0 Å². The zero-order valence-electron chi connectivity index (χ0n) is 21.6. The van der Waals surface area contributed by atoms with Crippen molar-refractivity contribution in [3.05, 3.63) is 93.1 Å². The van der Waals surface area contributed by atoms with Gasteiger partial charge in [-0.15, -0.1) is 0 Å². The van der Waals surface area contributed by atoms with Crippen LogP contribution >= 0.6 is 0 Å². The predicted octanol–water partition coefficient (Wildman–Crippen LogP) is 4.88. The summed E-state index contributed by atoms with van der Waals surface area (Å²) in [4.78, 5) is 41.2. The number of carbonyl (C=O) groups is 2. The highest BCUT2D eigenvalue weighted by Crippen LogP contribution is 2.46. The summed E-state index contributed by atoms with van der Waals surface area (Å²) in [7, 11) is 4.36. The molecule has 5 rings (SSSR count). The highest BCUT2D eigenvalue weighted by molar-refractivity contribution is 6.11. The molecule has 1 aromatic heterocycles. The summed E-state index contributed by atoms with van der Waals surface area (Å²) >= 11 is 0. The molecule has 0 N–H and O–H groups in total. The highest BCUT2D eigenvalue weighted by Gasteiger charge is 2.44.